The van der Waals surface area contributed by atoms with Gasteiger partial charge in [-0.3, -0.25) is 9.59 Å². The number of carbonyl (C=O) groups excluding carboxylic acids is 3. The third kappa shape index (κ3) is 3.63. The maximum absolute atomic E-state index is 13.3. The van der Waals surface area contributed by atoms with Gasteiger partial charge in [0.2, 0.25) is 5.82 Å². The lowest BCUT2D eigenvalue weighted by molar-refractivity contribution is 0.0590. The Morgan fingerprint density at radius 1 is 1.25 bits per heavy atom. The molecule has 0 spiro atoms. The first-order chi connectivity index (χ1) is 13.3. The first-order valence-corrected chi connectivity index (χ1v) is 7.99. The Balaban J connectivity index is 1.92. The van der Waals surface area contributed by atoms with Crippen molar-refractivity contribution in [3.63, 3.8) is 0 Å². The Kier molecular flexibility index (Phi) is 4.98. The van der Waals surface area contributed by atoms with Crippen LogP contribution in [0.25, 0.3) is 5.78 Å². The van der Waals surface area contributed by atoms with Crippen molar-refractivity contribution in [2.45, 2.75) is 13.5 Å². The molecule has 2 amide bonds. The number of fused-ring (bicyclic) bond motifs is 1. The lowest BCUT2D eigenvalue weighted by Gasteiger charge is -2.08. The fourth-order valence-corrected chi connectivity index (χ4v) is 2.43. The van der Waals surface area contributed by atoms with Crippen LogP contribution in [-0.4, -0.2) is 44.5 Å². The Morgan fingerprint density at radius 3 is 2.64 bits per heavy atom. The van der Waals surface area contributed by atoms with E-state index in [0.29, 0.717) is 11.1 Å². The number of rotatable bonds is 5. The largest absolute Gasteiger partial charge is 0.464 e. The number of esters is 1. The van der Waals surface area contributed by atoms with Crippen molar-refractivity contribution in [2.24, 2.45) is 5.73 Å². The van der Waals surface area contributed by atoms with Crippen LogP contribution in [0.1, 0.15) is 42.7 Å². The highest BCUT2D eigenvalue weighted by molar-refractivity contribution is 5.96. The molecule has 0 fully saturated rings. The third-order valence-corrected chi connectivity index (χ3v) is 3.84. The van der Waals surface area contributed by atoms with E-state index in [1.165, 1.54) is 12.1 Å². The van der Waals surface area contributed by atoms with Gasteiger partial charge in [0, 0.05) is 12.6 Å². The van der Waals surface area contributed by atoms with Gasteiger partial charge < -0.3 is 15.8 Å². The first-order valence-electron chi connectivity index (χ1n) is 7.99. The van der Waals surface area contributed by atoms with E-state index in [1.807, 2.05) is 0 Å². The predicted octanol–water partition coefficient (Wildman–Crippen LogP) is 0.387. The molecule has 3 rings (SSSR count). The van der Waals surface area contributed by atoms with Gasteiger partial charge in [0.25, 0.3) is 17.6 Å². The molecule has 0 aliphatic rings. The Morgan fingerprint density at radius 2 is 2.00 bits per heavy atom. The van der Waals surface area contributed by atoms with E-state index in [-0.39, 0.29) is 35.4 Å². The van der Waals surface area contributed by atoms with Gasteiger partial charge in [-0.1, -0.05) is 12.1 Å². The van der Waals surface area contributed by atoms with Gasteiger partial charge in [0.1, 0.15) is 11.5 Å². The van der Waals surface area contributed by atoms with Crippen LogP contribution in [0.2, 0.25) is 0 Å². The topological polar surface area (TPSA) is 142 Å². The number of carbonyl (C=O) groups is 3. The number of hydrogen-bond donors (Lipinski definition) is 2. The zero-order chi connectivity index (χ0) is 20.4. The van der Waals surface area contributed by atoms with Crippen LogP contribution in [-0.2, 0) is 11.3 Å². The number of hydrogen-bond acceptors (Lipinski definition) is 7. The second kappa shape index (κ2) is 7.39. The van der Waals surface area contributed by atoms with Gasteiger partial charge >= 0.3 is 5.97 Å². The monoisotopic (exact) mass is 386 g/mol. The van der Waals surface area contributed by atoms with Crippen LogP contribution in [0.5, 0.6) is 0 Å². The van der Waals surface area contributed by atoms with Gasteiger partial charge in [0.05, 0.1) is 7.11 Å². The highest BCUT2D eigenvalue weighted by Crippen LogP contribution is 2.11. The number of amides is 2. The molecule has 2 heterocycles. The summed E-state index contributed by atoms with van der Waals surface area (Å²) >= 11 is 0. The number of nitrogens with one attached hydrogen (secondary N) is 1. The average Bonchev–Trinajstić information content (AvgIpc) is 3.11. The molecule has 144 valence electrons. The van der Waals surface area contributed by atoms with E-state index in [4.69, 9.17) is 5.73 Å². The maximum Gasteiger partial charge on any atom is 0.356 e. The molecule has 0 aliphatic heterocycles. The smallest absolute Gasteiger partial charge is 0.356 e. The Labute approximate surface area is 157 Å². The van der Waals surface area contributed by atoms with Crippen LogP contribution in [0.4, 0.5) is 4.39 Å². The number of aryl methyl sites for hydroxylation is 1. The minimum absolute atomic E-state index is 0.111. The lowest BCUT2D eigenvalue weighted by atomic mass is 10.1. The molecule has 11 heteroatoms. The van der Waals surface area contributed by atoms with Crippen molar-refractivity contribution >= 4 is 23.6 Å². The van der Waals surface area contributed by atoms with Crippen LogP contribution in [0.3, 0.4) is 0 Å². The lowest BCUT2D eigenvalue weighted by Crippen LogP contribution is -2.25. The summed E-state index contributed by atoms with van der Waals surface area (Å²) in [7, 11) is 1.15. The number of benzene rings is 1. The van der Waals surface area contributed by atoms with Crippen molar-refractivity contribution in [1.82, 2.24) is 24.9 Å². The van der Waals surface area contributed by atoms with Crippen LogP contribution >= 0.6 is 0 Å². The molecule has 3 N–H and O–H groups in total. The number of aromatic nitrogens is 4. The van der Waals surface area contributed by atoms with Gasteiger partial charge in [-0.15, -0.1) is 5.10 Å². The van der Waals surface area contributed by atoms with E-state index in [2.05, 4.69) is 25.1 Å². The van der Waals surface area contributed by atoms with E-state index in [1.54, 1.807) is 13.0 Å². The summed E-state index contributed by atoms with van der Waals surface area (Å²) in [6.07, 6.45) is 0. The summed E-state index contributed by atoms with van der Waals surface area (Å²) in [6, 6.07) is 5.60. The summed E-state index contributed by atoms with van der Waals surface area (Å²) in [5, 5.41) is 6.41. The summed E-state index contributed by atoms with van der Waals surface area (Å²) in [5.74, 6) is -3.22. The van der Waals surface area contributed by atoms with E-state index in [0.717, 1.165) is 17.7 Å². The highest BCUT2D eigenvalue weighted by atomic mass is 19.1. The molecule has 28 heavy (non-hydrogen) atoms. The van der Waals surface area contributed by atoms with Gasteiger partial charge in [-0.05, 0) is 24.1 Å². The number of primary amides is 1. The first kappa shape index (κ1) is 18.9. The van der Waals surface area contributed by atoms with Crippen LogP contribution < -0.4 is 11.1 Å². The molecule has 0 saturated carbocycles. The SMILES string of the molecule is COC(=O)c1cc(C(=O)NCc2ccc(F)c(C)c2)nc2nc(C(N)=O)nn12. The average molecular weight is 386 g/mol. The van der Waals surface area contributed by atoms with Crippen LogP contribution in [0.15, 0.2) is 24.3 Å². The number of nitrogens with zero attached hydrogens (tertiary/aromatic N) is 4. The fraction of sp³-hybridized carbons (Fsp3) is 0.176. The van der Waals surface area contributed by atoms with Gasteiger partial charge in [-0.2, -0.15) is 9.50 Å². The molecule has 0 radical (unpaired) electrons. The van der Waals surface area contributed by atoms with Crippen LogP contribution in [0, 0.1) is 12.7 Å². The number of halogens is 1. The molecule has 0 unspecified atom stereocenters. The second-order valence-corrected chi connectivity index (χ2v) is 5.80. The predicted molar refractivity (Wildman–Crippen MR) is 92.9 cm³/mol. The molecule has 0 saturated heterocycles. The van der Waals surface area contributed by atoms with Crippen molar-refractivity contribution < 1.29 is 23.5 Å². The maximum atomic E-state index is 13.3. The van der Waals surface area contributed by atoms with E-state index >= 15 is 0 Å². The molecule has 0 atom stereocenters. The molecule has 1 aromatic carbocycles. The van der Waals surface area contributed by atoms with Crippen molar-refractivity contribution in [2.75, 3.05) is 7.11 Å². The fourth-order valence-electron chi connectivity index (χ4n) is 2.43. The molecular weight excluding hydrogens is 371 g/mol. The molecule has 2 aromatic heterocycles. The number of methoxy groups -OCH3 is 1. The summed E-state index contributed by atoms with van der Waals surface area (Å²) in [6.45, 7) is 1.72. The molecule has 10 nitrogen and oxygen atoms in total. The zero-order valence-corrected chi connectivity index (χ0v) is 14.9. The molecule has 0 aliphatic carbocycles. The van der Waals surface area contributed by atoms with Gasteiger partial charge in [0.15, 0.2) is 5.69 Å². The summed E-state index contributed by atoms with van der Waals surface area (Å²) < 4.78 is 19.0. The summed E-state index contributed by atoms with van der Waals surface area (Å²) in [5.41, 5.74) is 5.97. The van der Waals surface area contributed by atoms with Gasteiger partial charge in [-0.25, -0.2) is 14.2 Å². The van der Waals surface area contributed by atoms with Crippen molar-refractivity contribution in [3.05, 3.63) is 58.4 Å². The standard InChI is InChI=1S/C17H15FN6O4/c1-8-5-9(3-4-10(8)18)7-20-15(26)11-6-12(16(27)28-2)24-17(21-11)22-14(23-24)13(19)25/h3-6H,7H2,1-2H3,(H2,19,25)(H,20,26). The summed E-state index contributed by atoms with van der Waals surface area (Å²) in [4.78, 5) is 43.6. The van der Waals surface area contributed by atoms with Crippen molar-refractivity contribution in [1.29, 1.82) is 0 Å². The molecule has 0 bridgehead atoms. The zero-order valence-electron chi connectivity index (χ0n) is 14.9. The molecular formula is C17H15FN6O4. The molecule has 3 aromatic rings. The van der Waals surface area contributed by atoms with E-state index < -0.39 is 17.8 Å². The second-order valence-electron chi connectivity index (χ2n) is 5.80. The van der Waals surface area contributed by atoms with E-state index in [9.17, 15) is 18.8 Å². The normalized spacial score (nSPS) is 10.7. The minimum atomic E-state index is -0.918. The quantitative estimate of drug-likeness (QED) is 0.604. The number of nitrogens with two attached hydrogens (primary N) is 1. The number of ether oxygens (including phenoxy) is 1. The highest BCUT2D eigenvalue weighted by Gasteiger charge is 2.21. The van der Waals surface area contributed by atoms with Crippen molar-refractivity contribution in [3.8, 4) is 0 Å². The minimum Gasteiger partial charge on any atom is -0.464 e. The Hall–Kier alpha value is -3.89. The third-order valence-electron chi connectivity index (χ3n) is 3.84. The Bertz CT molecular complexity index is 1110.